The summed E-state index contributed by atoms with van der Waals surface area (Å²) in [6, 6.07) is 25.6. The molecule has 5 aliphatic heterocycles. The summed E-state index contributed by atoms with van der Waals surface area (Å²) in [5.74, 6) is -3.25. The molecule has 5 aliphatic rings. The Morgan fingerprint density at radius 3 is 1.66 bits per heavy atom. The van der Waals surface area contributed by atoms with Gasteiger partial charge < -0.3 is 110 Å². The van der Waals surface area contributed by atoms with Gasteiger partial charge in [-0.3, -0.25) is 34.0 Å². The summed E-state index contributed by atoms with van der Waals surface area (Å²) in [7, 11) is -2.37. The van der Waals surface area contributed by atoms with Crippen molar-refractivity contribution in [3.63, 3.8) is 0 Å². The lowest BCUT2D eigenvalue weighted by molar-refractivity contribution is -0.277. The van der Waals surface area contributed by atoms with Crippen molar-refractivity contribution in [3.8, 4) is 40.2 Å². The van der Waals surface area contributed by atoms with Gasteiger partial charge in [0.15, 0.2) is 50.1 Å². The average molecular weight is 1780 g/mol. The summed E-state index contributed by atoms with van der Waals surface area (Å²) in [6.45, 7) is 3.57. The van der Waals surface area contributed by atoms with Crippen LogP contribution in [0.1, 0.15) is 103 Å². The van der Waals surface area contributed by atoms with Crippen molar-refractivity contribution in [2.75, 3.05) is 99.1 Å². The van der Waals surface area contributed by atoms with Crippen molar-refractivity contribution < 1.29 is 122 Å². The quantitative estimate of drug-likeness (QED) is 0.0231. The number of nitrogens with zero attached hydrogens (tertiary/aromatic N) is 11. The number of methoxy groups -OCH3 is 2. The van der Waals surface area contributed by atoms with Crippen molar-refractivity contribution in [2.24, 2.45) is 24.1 Å². The van der Waals surface area contributed by atoms with Crippen molar-refractivity contribution in [1.29, 1.82) is 0 Å². The highest BCUT2D eigenvalue weighted by molar-refractivity contribution is 7.91. The van der Waals surface area contributed by atoms with E-state index < -0.39 is 75.0 Å². The van der Waals surface area contributed by atoms with Gasteiger partial charge in [0.1, 0.15) is 49.1 Å². The van der Waals surface area contributed by atoms with E-state index in [4.69, 9.17) is 70.5 Å². The van der Waals surface area contributed by atoms with Crippen LogP contribution in [-0.2, 0) is 115 Å². The minimum Gasteiger partial charge on any atom is -0.493 e. The van der Waals surface area contributed by atoms with Crippen molar-refractivity contribution in [1.82, 2.24) is 54.5 Å². The zero-order valence-corrected chi connectivity index (χ0v) is 71.0. The molecule has 6 N–H and O–H groups in total. The number of nitrogens with one attached hydrogen (secondary N) is 2. The SMILES string of the molecule is COc1cc2c(cc1OCc1cc(COc3cc4c(cc3OC)C(=O)N3Cc5ncn(C)c5C[C@H]3C=N4)cc(OS(=O)(=O)Oc3cc(C(=O)NCCOCCOCCOCCn4cc(COCCOCCNC(=O)c5ccc(C(=O)CCS(=O)(=O)c6ccc(C)cc6)cc5)nn4)ccc3O[C@@H]3O[C@H](CO)[C@H](O)[C@H](O)[C@H]3O)c1)N=CC1Cc3c(ncn3C)CN1C2=O. The average Bonchev–Trinajstić information content (AvgIpc) is 1.58. The van der Waals surface area contributed by atoms with Crippen molar-refractivity contribution >= 4 is 73.5 Å². The number of carbonyl (C=O) groups excluding carboxylic acids is 5. The van der Waals surface area contributed by atoms with Crippen molar-refractivity contribution in [3.05, 3.63) is 201 Å². The van der Waals surface area contributed by atoms with Crippen LogP contribution in [-0.4, -0.2) is 265 Å². The molecule has 8 heterocycles. The number of aryl methyl sites for hydroxylation is 3. The molecule has 6 aromatic carbocycles. The number of aliphatic imine (C=N–C) groups is 2. The van der Waals surface area contributed by atoms with Gasteiger partial charge in [0, 0.05) is 99.1 Å². The fourth-order valence-corrected chi connectivity index (χ4v) is 16.4. The van der Waals surface area contributed by atoms with Crippen LogP contribution in [0.3, 0.4) is 0 Å². The molecule has 1 fully saturated rings. The first kappa shape index (κ1) is 90.1. The summed E-state index contributed by atoms with van der Waals surface area (Å²) >= 11 is 0. The summed E-state index contributed by atoms with van der Waals surface area (Å²) in [5, 5.41) is 55.9. The molecule has 126 heavy (non-hydrogen) atoms. The fraction of sp³-hybridized carbons (Fsp3) is 0.400. The summed E-state index contributed by atoms with van der Waals surface area (Å²) in [6.07, 6.45) is 0.375. The Bertz CT molecular complexity index is 5560. The molecule has 9 aromatic rings. The van der Waals surface area contributed by atoms with Crippen LogP contribution in [0.2, 0.25) is 0 Å². The Kier molecular flexibility index (Phi) is 29.2. The molecule has 0 radical (unpaired) electrons. The molecule has 3 aromatic heterocycles. The Morgan fingerprint density at radius 2 is 1.10 bits per heavy atom. The zero-order valence-electron chi connectivity index (χ0n) is 69.4. The number of aromatic nitrogens is 7. The highest BCUT2D eigenvalue weighted by Crippen LogP contribution is 2.42. The van der Waals surface area contributed by atoms with Crippen LogP contribution in [0.4, 0.5) is 11.4 Å². The number of aliphatic hydroxyl groups excluding tert-OH is 4. The summed E-state index contributed by atoms with van der Waals surface area (Å²) in [4.78, 5) is 89.9. The third-order valence-electron chi connectivity index (χ3n) is 21.3. The van der Waals surface area contributed by atoms with Crippen LogP contribution in [0, 0.1) is 6.92 Å². The molecule has 1 saturated heterocycles. The molecule has 0 saturated carbocycles. The van der Waals surface area contributed by atoms with E-state index in [1.807, 2.05) is 30.2 Å². The first-order valence-electron chi connectivity index (χ1n) is 40.3. The molecule has 14 rings (SSSR count). The number of aliphatic hydroxyl groups is 4. The molecule has 41 heteroatoms. The largest absolute Gasteiger partial charge is 0.501 e. The number of hydrogen-bond acceptors (Lipinski definition) is 32. The van der Waals surface area contributed by atoms with Crippen LogP contribution in [0.15, 0.2) is 143 Å². The molecule has 0 spiro atoms. The Hall–Kier alpha value is -12.1. The van der Waals surface area contributed by atoms with Crippen LogP contribution >= 0.6 is 0 Å². The van der Waals surface area contributed by atoms with Crippen LogP contribution < -0.4 is 42.7 Å². The topological polar surface area (TPSA) is 476 Å². The molecule has 0 bridgehead atoms. The van der Waals surface area contributed by atoms with E-state index in [0.717, 1.165) is 40.5 Å². The number of carbonyl (C=O) groups is 5. The number of benzene rings is 6. The van der Waals surface area contributed by atoms with Gasteiger partial charge in [0.2, 0.25) is 6.29 Å². The molecule has 39 nitrogen and oxygen atoms in total. The van der Waals surface area contributed by atoms with Gasteiger partial charge >= 0.3 is 10.4 Å². The standard InChI is InChI=1S/C85H95N13O26S2/c1-51-6-13-61(14-7-51)125(108,109)29-16-70(100)54-8-10-55(11-9-54)81(104)86-17-20-115-27-28-118-48-57-42-96(93-92-57)19-22-116-24-26-117-25-23-114-21-18-87-82(105)56-12-15-71(121-85-80(103)79(102)78(101)77(45-99)122-85)76(33-56)124-126(110,111)123-60-31-52(46-119-74-38-64-62(36-72(74)112-4)83(106)97-43-66-68(94(2)49-90-66)34-58(97)40-88-64)30-53(32-60)47-120-75-39-65-63(37-73(75)113-5)84(107)98-44-67-69(95(3)50-91-67)35-59(98)41-89-65/h6-15,30-33,36-42,49-50,58-59,77-80,85,99,101-103H,16-29,34-35,43-48H2,1-5H3,(H,86,104)(H,87,105)/t58-,59?,77+,78-,79-,80+,85+/m0/s1. The van der Waals surface area contributed by atoms with E-state index in [2.05, 4.69) is 30.9 Å². The van der Waals surface area contributed by atoms with E-state index in [0.29, 0.717) is 54.2 Å². The first-order chi connectivity index (χ1) is 60.8. The Morgan fingerprint density at radius 1 is 0.563 bits per heavy atom. The lowest BCUT2D eigenvalue weighted by Crippen LogP contribution is -2.60. The van der Waals surface area contributed by atoms with E-state index >= 15 is 0 Å². The van der Waals surface area contributed by atoms with Gasteiger partial charge in [-0.1, -0.05) is 35.0 Å². The number of fused-ring (bicyclic) bond motifs is 6. The minimum absolute atomic E-state index is 0.0171. The zero-order chi connectivity index (χ0) is 88.8. The van der Waals surface area contributed by atoms with Crippen molar-refractivity contribution in [2.45, 2.75) is 113 Å². The lowest BCUT2D eigenvalue weighted by Gasteiger charge is -2.39. The molecule has 0 aliphatic carbocycles. The predicted molar refractivity (Wildman–Crippen MR) is 446 cm³/mol. The third-order valence-corrected chi connectivity index (χ3v) is 23.8. The Labute approximate surface area is 723 Å². The van der Waals surface area contributed by atoms with Gasteiger partial charge in [-0.05, 0) is 90.8 Å². The molecular weight excluding hydrogens is 1680 g/mol. The first-order valence-corrected chi connectivity index (χ1v) is 43.3. The van der Waals surface area contributed by atoms with E-state index in [1.165, 1.54) is 80.9 Å². The van der Waals surface area contributed by atoms with Gasteiger partial charge in [-0.15, -0.1) is 13.5 Å². The molecule has 668 valence electrons. The number of ketones is 1. The summed E-state index contributed by atoms with van der Waals surface area (Å²) < 4.78 is 135. The smallest absolute Gasteiger partial charge is 0.493 e. The number of amides is 4. The van der Waals surface area contributed by atoms with Gasteiger partial charge in [-0.25, -0.2) is 23.1 Å². The van der Waals surface area contributed by atoms with Crippen LogP contribution in [0.5, 0.6) is 40.2 Å². The molecule has 1 unspecified atom stereocenters. The predicted octanol–water partition coefficient (Wildman–Crippen LogP) is 4.17. The normalized spacial score (nSPS) is 18.2. The number of Topliss-reactive ketones (excluding diaryl/α,β-unsaturated/α-hetero) is 1. The van der Waals surface area contributed by atoms with Crippen LogP contribution in [0.25, 0.3) is 0 Å². The molecular formula is C85H95N13O26S2. The number of rotatable bonds is 42. The highest BCUT2D eigenvalue weighted by atomic mass is 32.3. The van der Waals surface area contributed by atoms with E-state index in [1.54, 1.807) is 76.1 Å². The minimum atomic E-state index is -5.34. The number of hydrogen-bond donors (Lipinski definition) is 6. The maximum Gasteiger partial charge on any atom is 0.501 e. The maximum atomic E-state index is 14.5. The van der Waals surface area contributed by atoms with E-state index in [-0.39, 0.29) is 208 Å². The lowest BCUT2D eigenvalue weighted by atomic mass is 9.99. The molecule has 7 atom stereocenters. The maximum absolute atomic E-state index is 14.5. The monoisotopic (exact) mass is 1780 g/mol. The second-order valence-corrected chi connectivity index (χ2v) is 33.2. The summed E-state index contributed by atoms with van der Waals surface area (Å²) in [5.41, 5.74) is 7.17. The highest BCUT2D eigenvalue weighted by Gasteiger charge is 2.46. The van der Waals surface area contributed by atoms with Gasteiger partial charge in [0.25, 0.3) is 23.6 Å². The number of sulfone groups is 1. The Balaban J connectivity index is 0.553. The number of imidazole rings is 2. The van der Waals surface area contributed by atoms with Gasteiger partial charge in [-0.2, -0.15) is 0 Å². The number of ether oxygens (including phenoxy) is 11. The second kappa shape index (κ2) is 40.9. The third kappa shape index (κ3) is 22.0. The fourth-order valence-electron chi connectivity index (χ4n) is 14.5. The molecule has 4 amide bonds. The second-order valence-electron chi connectivity index (χ2n) is 30.0. The van der Waals surface area contributed by atoms with Gasteiger partial charge in [0.05, 0.1) is 182 Å². The van der Waals surface area contributed by atoms with E-state index in [9.17, 15) is 61.2 Å².